The van der Waals surface area contributed by atoms with Crippen LogP contribution >= 0.6 is 23.2 Å². The van der Waals surface area contributed by atoms with E-state index < -0.39 is 16.9 Å². The van der Waals surface area contributed by atoms with E-state index in [9.17, 15) is 19.7 Å². The van der Waals surface area contributed by atoms with Gasteiger partial charge in [0.2, 0.25) is 5.90 Å². The number of esters is 2. The van der Waals surface area contributed by atoms with Crippen molar-refractivity contribution in [2.24, 2.45) is 4.99 Å². The lowest BCUT2D eigenvalue weighted by Crippen LogP contribution is -2.08. The van der Waals surface area contributed by atoms with Crippen LogP contribution in [0.5, 0.6) is 11.5 Å². The molecule has 3 rings (SSSR count). The number of ether oxygens (including phenoxy) is 3. The maximum absolute atomic E-state index is 12.3. The number of carbonyl (C=O) groups excluding carboxylic acids is 2. The molecule has 1 aliphatic heterocycles. The summed E-state index contributed by atoms with van der Waals surface area (Å²) in [6.45, 7) is 3.67. The fourth-order valence-corrected chi connectivity index (χ4v) is 3.15. The number of hydrogen-bond donors (Lipinski definition) is 0. The van der Waals surface area contributed by atoms with Crippen LogP contribution in [0.2, 0.25) is 10.0 Å². The topological polar surface area (TPSA) is 117 Å². The molecule has 0 aromatic heterocycles. The van der Waals surface area contributed by atoms with E-state index in [1.54, 1.807) is 13.8 Å². The number of non-ortho nitro benzene ring substituents is 1. The Balaban J connectivity index is 2.00. The SMILES string of the molecule is CCOc1cc(/C=C2\N=C(c3cc([N+](=O)[O-])ccc3Cl)OC2=O)cc(Cl)c1OC(=O)CC. The van der Waals surface area contributed by atoms with Gasteiger partial charge in [-0.3, -0.25) is 14.9 Å². The number of nitro groups is 1. The molecule has 0 spiro atoms. The van der Waals surface area contributed by atoms with Crippen molar-refractivity contribution in [3.63, 3.8) is 0 Å². The molecule has 0 saturated carbocycles. The van der Waals surface area contributed by atoms with E-state index in [1.165, 1.54) is 36.4 Å². The summed E-state index contributed by atoms with van der Waals surface area (Å²) in [5, 5.41) is 11.3. The number of hydrogen-bond acceptors (Lipinski definition) is 8. The highest BCUT2D eigenvalue weighted by molar-refractivity contribution is 6.34. The lowest BCUT2D eigenvalue weighted by atomic mass is 10.1. The molecule has 0 aliphatic carbocycles. The Labute approximate surface area is 192 Å². The van der Waals surface area contributed by atoms with E-state index in [0.717, 1.165) is 0 Å². The molecule has 166 valence electrons. The molecule has 1 heterocycles. The summed E-state index contributed by atoms with van der Waals surface area (Å²) in [5.41, 5.74) is 0.217. The summed E-state index contributed by atoms with van der Waals surface area (Å²) in [6.07, 6.45) is 1.54. The first-order valence-corrected chi connectivity index (χ1v) is 10.1. The molecule has 0 bridgehead atoms. The van der Waals surface area contributed by atoms with Crippen LogP contribution in [0, 0.1) is 10.1 Å². The quantitative estimate of drug-likeness (QED) is 0.181. The smallest absolute Gasteiger partial charge is 0.363 e. The molecule has 0 N–H and O–H groups in total. The minimum absolute atomic E-state index is 0.0732. The summed E-state index contributed by atoms with van der Waals surface area (Å²) >= 11 is 12.4. The van der Waals surface area contributed by atoms with Gasteiger partial charge in [0.05, 0.1) is 27.1 Å². The zero-order valence-corrected chi connectivity index (χ0v) is 18.4. The average molecular weight is 479 g/mol. The second-order valence-electron chi connectivity index (χ2n) is 6.35. The van der Waals surface area contributed by atoms with E-state index in [0.29, 0.717) is 5.56 Å². The molecule has 2 aromatic carbocycles. The zero-order valence-electron chi connectivity index (χ0n) is 16.9. The van der Waals surface area contributed by atoms with Gasteiger partial charge in [-0.25, -0.2) is 9.79 Å². The monoisotopic (exact) mass is 478 g/mol. The van der Waals surface area contributed by atoms with Crippen molar-refractivity contribution in [3.05, 3.63) is 67.3 Å². The number of aliphatic imine (C=N–C) groups is 1. The first-order chi connectivity index (χ1) is 15.2. The lowest BCUT2D eigenvalue weighted by Gasteiger charge is -2.13. The van der Waals surface area contributed by atoms with Gasteiger partial charge in [0.1, 0.15) is 0 Å². The Hall–Kier alpha value is -3.43. The van der Waals surface area contributed by atoms with E-state index in [1.807, 2.05) is 0 Å². The third-order valence-electron chi connectivity index (χ3n) is 4.15. The van der Waals surface area contributed by atoms with E-state index in [4.69, 9.17) is 37.4 Å². The standard InChI is InChI=1S/C21H16Cl2N2O7/c1-3-18(26)31-19-15(23)7-11(9-17(19)30-4-2)8-16-21(27)32-20(24-16)13-10-12(25(28)29)5-6-14(13)22/h5-10H,3-4H2,1-2H3/b16-8-. The number of rotatable bonds is 7. The number of nitro benzene ring substituents is 1. The first kappa shape index (κ1) is 23.2. The van der Waals surface area contributed by atoms with Crippen LogP contribution in [0.3, 0.4) is 0 Å². The van der Waals surface area contributed by atoms with Crippen LogP contribution in [0.25, 0.3) is 6.08 Å². The van der Waals surface area contributed by atoms with E-state index in [-0.39, 0.29) is 57.4 Å². The van der Waals surface area contributed by atoms with Gasteiger partial charge >= 0.3 is 11.9 Å². The van der Waals surface area contributed by atoms with E-state index >= 15 is 0 Å². The van der Waals surface area contributed by atoms with Gasteiger partial charge in [-0.2, -0.15) is 0 Å². The maximum atomic E-state index is 12.3. The number of halogens is 2. The van der Waals surface area contributed by atoms with Crippen LogP contribution < -0.4 is 9.47 Å². The summed E-state index contributed by atoms with van der Waals surface area (Å²) in [6, 6.07) is 6.71. The highest BCUT2D eigenvalue weighted by atomic mass is 35.5. The molecule has 11 heteroatoms. The van der Waals surface area contributed by atoms with Crippen LogP contribution in [0.4, 0.5) is 5.69 Å². The van der Waals surface area contributed by atoms with Crippen molar-refractivity contribution in [1.82, 2.24) is 0 Å². The summed E-state index contributed by atoms with van der Waals surface area (Å²) < 4.78 is 15.9. The number of carbonyl (C=O) groups is 2. The van der Waals surface area contributed by atoms with Gasteiger partial charge < -0.3 is 14.2 Å². The Morgan fingerprint density at radius 3 is 2.62 bits per heavy atom. The predicted molar refractivity (Wildman–Crippen MR) is 117 cm³/mol. The van der Waals surface area contributed by atoms with Gasteiger partial charge in [0.25, 0.3) is 5.69 Å². The molecule has 0 radical (unpaired) electrons. The molecule has 9 nitrogen and oxygen atoms in total. The summed E-state index contributed by atoms with van der Waals surface area (Å²) in [5.74, 6) is -1.14. The van der Waals surface area contributed by atoms with Crippen molar-refractivity contribution in [2.45, 2.75) is 20.3 Å². The van der Waals surface area contributed by atoms with Crippen molar-refractivity contribution >= 4 is 52.8 Å². The molecule has 0 amide bonds. The van der Waals surface area contributed by atoms with Crippen molar-refractivity contribution in [2.75, 3.05) is 6.61 Å². The average Bonchev–Trinajstić information content (AvgIpc) is 3.10. The van der Waals surface area contributed by atoms with Gasteiger partial charge in [-0.15, -0.1) is 0 Å². The third kappa shape index (κ3) is 5.06. The number of nitrogens with zero attached hydrogens (tertiary/aromatic N) is 2. The molecule has 0 atom stereocenters. The molecule has 32 heavy (non-hydrogen) atoms. The predicted octanol–water partition coefficient (Wildman–Crippen LogP) is 4.96. The normalized spacial score (nSPS) is 14.2. The van der Waals surface area contributed by atoms with Gasteiger partial charge in [0.15, 0.2) is 17.2 Å². The van der Waals surface area contributed by atoms with Crippen LogP contribution in [-0.2, 0) is 14.3 Å². The summed E-state index contributed by atoms with van der Waals surface area (Å²) in [4.78, 5) is 38.5. The molecule has 2 aromatic rings. The van der Waals surface area contributed by atoms with Crippen molar-refractivity contribution in [1.29, 1.82) is 0 Å². The first-order valence-electron chi connectivity index (χ1n) is 9.37. The molecular formula is C21H16Cl2N2O7. The number of cyclic esters (lactones) is 1. The van der Waals surface area contributed by atoms with Crippen molar-refractivity contribution < 1.29 is 28.7 Å². The third-order valence-corrected chi connectivity index (χ3v) is 4.76. The van der Waals surface area contributed by atoms with Crippen LogP contribution in [0.15, 0.2) is 41.0 Å². The number of benzene rings is 2. The Morgan fingerprint density at radius 2 is 1.97 bits per heavy atom. The van der Waals surface area contributed by atoms with Gasteiger partial charge in [-0.1, -0.05) is 30.1 Å². The minimum Gasteiger partial charge on any atom is -0.490 e. The lowest BCUT2D eigenvalue weighted by molar-refractivity contribution is -0.384. The fourth-order valence-electron chi connectivity index (χ4n) is 2.69. The van der Waals surface area contributed by atoms with Crippen molar-refractivity contribution in [3.8, 4) is 11.5 Å². The second kappa shape index (κ2) is 9.80. The largest absolute Gasteiger partial charge is 0.490 e. The molecule has 1 aliphatic rings. The molecule has 0 unspecified atom stereocenters. The second-order valence-corrected chi connectivity index (χ2v) is 7.16. The minimum atomic E-state index is -0.779. The Morgan fingerprint density at radius 1 is 1.22 bits per heavy atom. The zero-order chi connectivity index (χ0) is 23.4. The fraction of sp³-hybridized carbons (Fsp3) is 0.190. The van der Waals surface area contributed by atoms with Crippen LogP contribution in [0.1, 0.15) is 31.4 Å². The highest BCUT2D eigenvalue weighted by Crippen LogP contribution is 2.38. The summed E-state index contributed by atoms with van der Waals surface area (Å²) in [7, 11) is 0. The molecule has 0 fully saturated rings. The Bertz CT molecular complexity index is 1170. The Kier molecular flexibility index (Phi) is 7.12. The molecular weight excluding hydrogens is 463 g/mol. The highest BCUT2D eigenvalue weighted by Gasteiger charge is 2.27. The van der Waals surface area contributed by atoms with Gasteiger partial charge in [0, 0.05) is 18.6 Å². The molecule has 0 saturated heterocycles. The van der Waals surface area contributed by atoms with Crippen LogP contribution in [-0.4, -0.2) is 29.4 Å². The van der Waals surface area contributed by atoms with Gasteiger partial charge in [-0.05, 0) is 36.8 Å². The maximum Gasteiger partial charge on any atom is 0.363 e. The van der Waals surface area contributed by atoms with E-state index in [2.05, 4.69) is 4.99 Å².